The summed E-state index contributed by atoms with van der Waals surface area (Å²) in [7, 11) is 0. The summed E-state index contributed by atoms with van der Waals surface area (Å²) in [5.41, 5.74) is 6.30. The van der Waals surface area contributed by atoms with Crippen molar-refractivity contribution in [3.05, 3.63) is 55.9 Å². The molecule has 0 amide bonds. The average molecular weight is 388 g/mol. The smallest absolute Gasteiger partial charge is 0.277 e. The molecule has 0 saturated heterocycles. The van der Waals surface area contributed by atoms with Crippen LogP contribution in [0.2, 0.25) is 0 Å². The fourth-order valence-electron chi connectivity index (χ4n) is 2.72. The molecule has 0 aliphatic heterocycles. The molecule has 3 rings (SSSR count). The third-order valence-corrected chi connectivity index (χ3v) is 6.20. The molecule has 5 nitrogen and oxygen atoms in total. The number of aryl methyl sites for hydroxylation is 2. The molecular formula is C19H21N3O2S2. The van der Waals surface area contributed by atoms with Crippen LogP contribution in [0.25, 0.3) is 0 Å². The lowest BCUT2D eigenvalue weighted by Gasteiger charge is -2.13. The maximum Gasteiger partial charge on any atom is 0.277 e. The van der Waals surface area contributed by atoms with Gasteiger partial charge in [-0.05, 0) is 62.9 Å². The number of nitrogens with zero attached hydrogens (tertiary/aromatic N) is 3. The topological polar surface area (TPSA) is 68.9 Å². The summed E-state index contributed by atoms with van der Waals surface area (Å²) in [5, 5.41) is 11.5. The molecule has 1 aromatic carbocycles. The van der Waals surface area contributed by atoms with Gasteiger partial charge >= 0.3 is 0 Å². The monoisotopic (exact) mass is 387 g/mol. The van der Waals surface area contributed by atoms with Crippen molar-refractivity contribution in [1.29, 1.82) is 0 Å². The Balaban J connectivity index is 1.65. The minimum atomic E-state index is 0.0774. The number of thiazole rings is 1. The number of rotatable bonds is 6. The zero-order chi connectivity index (χ0) is 18.8. The van der Waals surface area contributed by atoms with Gasteiger partial charge in [0.05, 0.1) is 22.9 Å². The molecule has 7 heteroatoms. The Bertz CT molecular complexity index is 960. The van der Waals surface area contributed by atoms with E-state index in [-0.39, 0.29) is 11.5 Å². The second-order valence-corrected chi connectivity index (χ2v) is 8.31. The van der Waals surface area contributed by atoms with Crippen molar-refractivity contribution in [3.63, 3.8) is 0 Å². The molecule has 0 spiro atoms. The number of benzene rings is 1. The van der Waals surface area contributed by atoms with Crippen molar-refractivity contribution >= 4 is 28.9 Å². The van der Waals surface area contributed by atoms with Crippen LogP contribution in [-0.2, 0) is 6.42 Å². The van der Waals surface area contributed by atoms with Gasteiger partial charge in [0.15, 0.2) is 5.78 Å². The van der Waals surface area contributed by atoms with Crippen LogP contribution in [0.5, 0.6) is 0 Å². The Morgan fingerprint density at radius 1 is 1.12 bits per heavy atom. The zero-order valence-electron chi connectivity index (χ0n) is 15.5. The summed E-state index contributed by atoms with van der Waals surface area (Å²) in [4.78, 5) is 17.0. The largest absolute Gasteiger partial charge is 0.416 e. The molecule has 2 aromatic heterocycles. The van der Waals surface area contributed by atoms with E-state index in [4.69, 9.17) is 4.42 Å². The highest BCUT2D eigenvalue weighted by atomic mass is 32.2. The van der Waals surface area contributed by atoms with Crippen LogP contribution >= 0.6 is 23.1 Å². The number of thioether (sulfide) groups is 1. The standard InChI is InChI=1S/C19H21N3O2S2/c1-10-6-16(13(4)12(3)11(10)2)17(23)9-26-19-22-21-18(24-19)7-15-8-25-14(5)20-15/h6,8H,7,9H2,1-5H3. The van der Waals surface area contributed by atoms with Crippen molar-refractivity contribution in [3.8, 4) is 0 Å². The Morgan fingerprint density at radius 2 is 1.88 bits per heavy atom. The molecule has 0 bridgehead atoms. The predicted molar refractivity (Wildman–Crippen MR) is 104 cm³/mol. The molecule has 3 aromatic rings. The lowest BCUT2D eigenvalue weighted by Crippen LogP contribution is -2.08. The highest BCUT2D eigenvalue weighted by Gasteiger charge is 2.16. The van der Waals surface area contributed by atoms with Crippen LogP contribution in [0, 0.1) is 34.6 Å². The number of ketones is 1. The van der Waals surface area contributed by atoms with Gasteiger partial charge in [0.25, 0.3) is 5.22 Å². The highest BCUT2D eigenvalue weighted by Crippen LogP contribution is 2.24. The van der Waals surface area contributed by atoms with Gasteiger partial charge in [0, 0.05) is 10.9 Å². The first-order valence-corrected chi connectivity index (χ1v) is 10.2. The molecule has 136 valence electrons. The van der Waals surface area contributed by atoms with Crippen LogP contribution in [0.1, 0.15) is 49.2 Å². The number of carbonyl (C=O) groups is 1. The summed E-state index contributed by atoms with van der Waals surface area (Å²) in [6.45, 7) is 10.2. The summed E-state index contributed by atoms with van der Waals surface area (Å²) >= 11 is 2.87. The van der Waals surface area contributed by atoms with Crippen LogP contribution in [0.4, 0.5) is 0 Å². The fourth-order valence-corrected chi connectivity index (χ4v) is 4.00. The van der Waals surface area contributed by atoms with E-state index in [0.29, 0.717) is 17.5 Å². The molecule has 0 aliphatic carbocycles. The van der Waals surface area contributed by atoms with E-state index in [1.165, 1.54) is 22.9 Å². The first-order chi connectivity index (χ1) is 12.3. The molecule has 0 fully saturated rings. The summed E-state index contributed by atoms with van der Waals surface area (Å²) in [6.07, 6.45) is 0.515. The van der Waals surface area contributed by atoms with Crippen LogP contribution in [0.15, 0.2) is 21.1 Å². The van der Waals surface area contributed by atoms with Crippen LogP contribution < -0.4 is 0 Å². The van der Waals surface area contributed by atoms with Gasteiger partial charge in [-0.15, -0.1) is 21.5 Å². The SMILES string of the molecule is Cc1nc(Cc2nnc(SCC(=O)c3cc(C)c(C)c(C)c3C)o2)cs1. The van der Waals surface area contributed by atoms with E-state index in [1.54, 1.807) is 11.3 Å². The minimum Gasteiger partial charge on any atom is -0.416 e. The minimum absolute atomic E-state index is 0.0774. The molecule has 0 atom stereocenters. The van der Waals surface area contributed by atoms with Gasteiger partial charge in [-0.25, -0.2) is 4.98 Å². The van der Waals surface area contributed by atoms with E-state index in [9.17, 15) is 4.79 Å². The van der Waals surface area contributed by atoms with Gasteiger partial charge in [-0.1, -0.05) is 11.8 Å². The maximum atomic E-state index is 12.6. The molecule has 0 unspecified atom stereocenters. The maximum absolute atomic E-state index is 12.6. The van der Waals surface area contributed by atoms with Gasteiger partial charge in [0.1, 0.15) is 0 Å². The summed E-state index contributed by atoms with van der Waals surface area (Å²) in [6, 6.07) is 1.98. The van der Waals surface area contributed by atoms with E-state index in [2.05, 4.69) is 29.0 Å². The van der Waals surface area contributed by atoms with Crippen molar-refractivity contribution < 1.29 is 9.21 Å². The summed E-state index contributed by atoms with van der Waals surface area (Å²) < 4.78 is 5.63. The summed E-state index contributed by atoms with van der Waals surface area (Å²) in [5.74, 6) is 0.872. The van der Waals surface area contributed by atoms with Crippen LogP contribution in [0.3, 0.4) is 0 Å². The molecule has 26 heavy (non-hydrogen) atoms. The Hall–Kier alpha value is -1.99. The average Bonchev–Trinajstić information content (AvgIpc) is 3.23. The van der Waals surface area contributed by atoms with Crippen molar-refractivity contribution in [2.75, 3.05) is 5.75 Å². The molecule has 0 aliphatic rings. The number of carbonyl (C=O) groups excluding carboxylic acids is 1. The van der Waals surface area contributed by atoms with Crippen LogP contribution in [-0.4, -0.2) is 26.7 Å². The Kier molecular flexibility index (Phi) is 5.58. The fraction of sp³-hybridized carbons (Fsp3) is 0.368. The zero-order valence-corrected chi connectivity index (χ0v) is 17.2. The molecule has 0 N–H and O–H groups in total. The Morgan fingerprint density at radius 3 is 2.58 bits per heavy atom. The van der Waals surface area contributed by atoms with E-state index < -0.39 is 0 Å². The highest BCUT2D eigenvalue weighted by molar-refractivity contribution is 7.99. The second kappa shape index (κ2) is 7.72. The Labute approximate surface area is 161 Å². The third kappa shape index (κ3) is 4.04. The van der Waals surface area contributed by atoms with E-state index in [1.807, 2.05) is 32.2 Å². The van der Waals surface area contributed by atoms with Crippen molar-refractivity contribution in [1.82, 2.24) is 15.2 Å². The first kappa shape index (κ1) is 18.8. The molecule has 2 heterocycles. The third-order valence-electron chi connectivity index (χ3n) is 4.56. The second-order valence-electron chi connectivity index (χ2n) is 6.32. The molecule has 0 radical (unpaired) electrons. The van der Waals surface area contributed by atoms with Gasteiger partial charge in [-0.2, -0.15) is 0 Å². The van der Waals surface area contributed by atoms with E-state index in [0.717, 1.165) is 27.4 Å². The normalized spacial score (nSPS) is 11.1. The molecular weight excluding hydrogens is 366 g/mol. The van der Waals surface area contributed by atoms with Gasteiger partial charge in [-0.3, -0.25) is 4.79 Å². The van der Waals surface area contributed by atoms with Crippen molar-refractivity contribution in [2.45, 2.75) is 46.3 Å². The van der Waals surface area contributed by atoms with Crippen molar-refractivity contribution in [2.24, 2.45) is 0 Å². The van der Waals surface area contributed by atoms with E-state index >= 15 is 0 Å². The van der Waals surface area contributed by atoms with Gasteiger partial charge in [0.2, 0.25) is 5.89 Å². The first-order valence-electron chi connectivity index (χ1n) is 8.32. The number of hydrogen-bond acceptors (Lipinski definition) is 7. The lowest BCUT2D eigenvalue weighted by molar-refractivity contribution is 0.102. The quantitative estimate of drug-likeness (QED) is 0.453. The number of Topliss-reactive ketones (excluding diaryl/α,β-unsaturated/α-hetero) is 1. The predicted octanol–water partition coefficient (Wildman–Crippen LogP) is 4.63. The number of hydrogen-bond donors (Lipinski definition) is 0. The number of aromatic nitrogens is 3. The lowest BCUT2D eigenvalue weighted by atomic mass is 9.93. The van der Waals surface area contributed by atoms with Gasteiger partial charge < -0.3 is 4.42 Å². The molecule has 0 saturated carbocycles.